The van der Waals surface area contributed by atoms with Gasteiger partial charge in [0.2, 0.25) is 0 Å². The molecule has 1 atom stereocenters. The van der Waals surface area contributed by atoms with Crippen LogP contribution in [0.2, 0.25) is 0 Å². The monoisotopic (exact) mass is 241 g/mol. The van der Waals surface area contributed by atoms with E-state index in [1.54, 1.807) is 0 Å². The van der Waals surface area contributed by atoms with Crippen LogP contribution in [0.4, 0.5) is 0 Å². The fourth-order valence-electron chi connectivity index (χ4n) is 1.35. The zero-order chi connectivity index (χ0) is 9.68. The van der Waals surface area contributed by atoms with E-state index in [1.807, 2.05) is 6.07 Å². The van der Waals surface area contributed by atoms with E-state index in [4.69, 9.17) is 5.73 Å². The summed E-state index contributed by atoms with van der Waals surface area (Å²) in [5.41, 5.74) is 8.30. The average Bonchev–Trinajstić information content (AvgIpc) is 2.15. The molecule has 1 rings (SSSR count). The molecule has 0 aliphatic rings. The van der Waals surface area contributed by atoms with Gasteiger partial charge in [-0.25, -0.2) is 0 Å². The molecule has 1 nitrogen and oxygen atoms in total. The number of halogens is 1. The molecule has 0 radical (unpaired) electrons. The molecule has 13 heavy (non-hydrogen) atoms. The third kappa shape index (κ3) is 3.49. The predicted molar refractivity (Wildman–Crippen MR) is 61.0 cm³/mol. The van der Waals surface area contributed by atoms with E-state index in [-0.39, 0.29) is 0 Å². The van der Waals surface area contributed by atoms with E-state index in [2.05, 4.69) is 41.1 Å². The first-order valence-corrected chi connectivity index (χ1v) is 5.56. The number of hydrogen-bond donors (Lipinski definition) is 1. The van der Waals surface area contributed by atoms with Crippen LogP contribution in [0.3, 0.4) is 0 Å². The largest absolute Gasteiger partial charge is 0.326 e. The lowest BCUT2D eigenvalue weighted by atomic mass is 10.0. The van der Waals surface area contributed by atoms with Crippen LogP contribution in [0.5, 0.6) is 0 Å². The van der Waals surface area contributed by atoms with Crippen molar-refractivity contribution in [2.24, 2.45) is 5.73 Å². The molecule has 72 valence electrons. The summed E-state index contributed by atoms with van der Waals surface area (Å²) in [6.45, 7) is 2.82. The maximum Gasteiger partial charge on any atom is 0.0180 e. The zero-order valence-electron chi connectivity index (χ0n) is 7.96. The van der Waals surface area contributed by atoms with Crippen LogP contribution < -0.4 is 5.73 Å². The second kappa shape index (κ2) is 5.40. The second-order valence-electron chi connectivity index (χ2n) is 3.29. The van der Waals surface area contributed by atoms with Crippen LogP contribution in [0, 0.1) is 0 Å². The summed E-state index contributed by atoms with van der Waals surface area (Å²) >= 11 is 3.55. The molecular weight excluding hydrogens is 226 g/mol. The Morgan fingerprint density at radius 2 is 1.92 bits per heavy atom. The lowest BCUT2D eigenvalue weighted by Crippen LogP contribution is -2.03. The summed E-state index contributed by atoms with van der Waals surface area (Å²) in [6, 6.07) is 8.39. The van der Waals surface area contributed by atoms with Crippen molar-refractivity contribution in [1.29, 1.82) is 0 Å². The normalized spacial score (nSPS) is 12.8. The Bertz CT molecular complexity index is 258. The molecule has 0 saturated carbocycles. The number of nitrogens with two attached hydrogens (primary N) is 1. The zero-order valence-corrected chi connectivity index (χ0v) is 9.55. The van der Waals surface area contributed by atoms with Gasteiger partial charge in [0.25, 0.3) is 0 Å². The van der Waals surface area contributed by atoms with Gasteiger partial charge in [-0.05, 0) is 24.0 Å². The number of aryl methyl sites for hydroxylation is 1. The van der Waals surface area contributed by atoms with Crippen molar-refractivity contribution in [1.82, 2.24) is 0 Å². The first-order chi connectivity index (χ1) is 6.24. The summed E-state index contributed by atoms with van der Waals surface area (Å²) in [5, 5.41) is 0. The van der Waals surface area contributed by atoms with E-state index in [9.17, 15) is 0 Å². The van der Waals surface area contributed by atoms with E-state index < -0.39 is 0 Å². The SMILES string of the molecule is C[C@@H](Br)CCc1ccccc1CN. The Morgan fingerprint density at radius 3 is 2.46 bits per heavy atom. The molecule has 0 heterocycles. The molecule has 2 N–H and O–H groups in total. The minimum Gasteiger partial charge on any atom is -0.326 e. The van der Waals surface area contributed by atoms with E-state index in [0.717, 1.165) is 12.8 Å². The minimum absolute atomic E-state index is 0.582. The molecule has 0 fully saturated rings. The van der Waals surface area contributed by atoms with Crippen molar-refractivity contribution < 1.29 is 0 Å². The van der Waals surface area contributed by atoms with Crippen molar-refractivity contribution in [2.45, 2.75) is 31.1 Å². The second-order valence-corrected chi connectivity index (χ2v) is 4.86. The van der Waals surface area contributed by atoms with Crippen LogP contribution in [0.15, 0.2) is 24.3 Å². The maximum atomic E-state index is 5.65. The van der Waals surface area contributed by atoms with Gasteiger partial charge in [-0.3, -0.25) is 0 Å². The summed E-state index contributed by atoms with van der Waals surface area (Å²) in [5.74, 6) is 0. The molecule has 0 aromatic heterocycles. The number of alkyl halides is 1. The predicted octanol–water partition coefficient (Wildman–Crippen LogP) is 2.86. The smallest absolute Gasteiger partial charge is 0.0180 e. The molecule has 0 saturated heterocycles. The maximum absolute atomic E-state index is 5.65. The lowest BCUT2D eigenvalue weighted by molar-refractivity contribution is 0.810. The third-order valence-corrected chi connectivity index (χ3v) is 2.61. The van der Waals surface area contributed by atoms with Crippen molar-refractivity contribution >= 4 is 15.9 Å². The highest BCUT2D eigenvalue weighted by Gasteiger charge is 2.01. The molecule has 0 bridgehead atoms. The van der Waals surface area contributed by atoms with Crippen LogP contribution in [0.1, 0.15) is 24.5 Å². The standard InChI is InChI=1S/C11H16BrN/c1-9(12)6-7-10-4-2-3-5-11(10)8-13/h2-5,9H,6-8,13H2,1H3/t9-/m1/s1. The molecule has 1 aromatic carbocycles. The Labute approximate surface area is 88.5 Å². The third-order valence-electron chi connectivity index (χ3n) is 2.15. The van der Waals surface area contributed by atoms with Gasteiger partial charge in [-0.2, -0.15) is 0 Å². The van der Waals surface area contributed by atoms with Crippen molar-refractivity contribution in [3.8, 4) is 0 Å². The van der Waals surface area contributed by atoms with Gasteiger partial charge in [0.1, 0.15) is 0 Å². The van der Waals surface area contributed by atoms with Gasteiger partial charge >= 0.3 is 0 Å². The summed E-state index contributed by atoms with van der Waals surface area (Å²) in [7, 11) is 0. The lowest BCUT2D eigenvalue weighted by Gasteiger charge is -2.08. The van der Waals surface area contributed by atoms with Gasteiger partial charge in [0.15, 0.2) is 0 Å². The van der Waals surface area contributed by atoms with Crippen LogP contribution >= 0.6 is 15.9 Å². The number of benzene rings is 1. The molecule has 2 heteroatoms. The van der Waals surface area contributed by atoms with E-state index in [1.165, 1.54) is 11.1 Å². The highest BCUT2D eigenvalue weighted by Crippen LogP contribution is 2.14. The average molecular weight is 242 g/mol. The molecule has 0 aliphatic heterocycles. The fraction of sp³-hybridized carbons (Fsp3) is 0.455. The quantitative estimate of drug-likeness (QED) is 0.807. The van der Waals surface area contributed by atoms with Crippen molar-refractivity contribution in [3.63, 3.8) is 0 Å². The van der Waals surface area contributed by atoms with Gasteiger partial charge < -0.3 is 5.73 Å². The Balaban J connectivity index is 2.64. The Hall–Kier alpha value is -0.340. The highest BCUT2D eigenvalue weighted by atomic mass is 79.9. The molecule has 0 unspecified atom stereocenters. The first-order valence-electron chi connectivity index (χ1n) is 4.65. The number of rotatable bonds is 4. The molecule has 0 aliphatic carbocycles. The first kappa shape index (κ1) is 10.7. The summed E-state index contributed by atoms with van der Waals surface area (Å²) in [4.78, 5) is 0.582. The minimum atomic E-state index is 0.582. The Morgan fingerprint density at radius 1 is 1.31 bits per heavy atom. The topological polar surface area (TPSA) is 26.0 Å². The highest BCUT2D eigenvalue weighted by molar-refractivity contribution is 9.09. The fourth-order valence-corrected chi connectivity index (χ4v) is 1.58. The van der Waals surface area contributed by atoms with Crippen LogP contribution in [-0.4, -0.2) is 4.83 Å². The van der Waals surface area contributed by atoms with Crippen molar-refractivity contribution in [2.75, 3.05) is 0 Å². The Kier molecular flexibility index (Phi) is 4.46. The van der Waals surface area contributed by atoms with Crippen LogP contribution in [-0.2, 0) is 13.0 Å². The van der Waals surface area contributed by atoms with Gasteiger partial charge in [-0.15, -0.1) is 0 Å². The molecular formula is C11H16BrN. The van der Waals surface area contributed by atoms with Crippen LogP contribution in [0.25, 0.3) is 0 Å². The molecule has 0 spiro atoms. The molecule has 1 aromatic rings. The summed E-state index contributed by atoms with van der Waals surface area (Å²) in [6.07, 6.45) is 2.27. The summed E-state index contributed by atoms with van der Waals surface area (Å²) < 4.78 is 0. The van der Waals surface area contributed by atoms with Crippen molar-refractivity contribution in [3.05, 3.63) is 35.4 Å². The van der Waals surface area contributed by atoms with E-state index >= 15 is 0 Å². The van der Waals surface area contributed by atoms with Gasteiger partial charge in [0, 0.05) is 11.4 Å². The van der Waals surface area contributed by atoms with Gasteiger partial charge in [-0.1, -0.05) is 47.1 Å². The van der Waals surface area contributed by atoms with Gasteiger partial charge in [0.05, 0.1) is 0 Å². The number of hydrogen-bond acceptors (Lipinski definition) is 1. The molecule has 0 amide bonds. The van der Waals surface area contributed by atoms with E-state index in [0.29, 0.717) is 11.4 Å².